The minimum absolute atomic E-state index is 0.0747. The number of carbonyl (C=O) groups is 1. The molecule has 1 amide bonds. The molecule has 0 aliphatic carbocycles. The summed E-state index contributed by atoms with van der Waals surface area (Å²) in [5, 5.41) is 11.1. The molecule has 3 aromatic rings. The summed E-state index contributed by atoms with van der Waals surface area (Å²) in [4.78, 5) is 15.5. The maximum absolute atomic E-state index is 13.0. The Labute approximate surface area is 148 Å². The Kier molecular flexibility index (Phi) is 4.40. The van der Waals surface area contributed by atoms with Crippen LogP contribution in [0.4, 0.5) is 23.5 Å². The highest BCUT2D eigenvalue weighted by atomic mass is 35.5. The smallest absolute Gasteiger partial charge is 0.289 e. The van der Waals surface area contributed by atoms with Crippen molar-refractivity contribution in [3.05, 3.63) is 52.3 Å². The predicted octanol–water partition coefficient (Wildman–Crippen LogP) is 3.36. The van der Waals surface area contributed by atoms with E-state index in [1.807, 2.05) is 0 Å². The van der Waals surface area contributed by atoms with Crippen molar-refractivity contribution < 1.29 is 22.4 Å². The van der Waals surface area contributed by atoms with E-state index in [1.54, 1.807) is 5.10 Å². The van der Waals surface area contributed by atoms with Gasteiger partial charge < -0.3 is 0 Å². The lowest BCUT2D eigenvalue weighted by molar-refractivity contribution is -0.144. The fourth-order valence-electron chi connectivity index (χ4n) is 2.12. The number of nitrogens with one attached hydrogen (secondary N) is 2. The van der Waals surface area contributed by atoms with Gasteiger partial charge in [-0.2, -0.15) is 23.3 Å². The van der Waals surface area contributed by atoms with E-state index in [0.29, 0.717) is 5.69 Å². The van der Waals surface area contributed by atoms with Crippen LogP contribution in [0.15, 0.2) is 24.3 Å². The fourth-order valence-corrected chi connectivity index (χ4v) is 2.48. The van der Waals surface area contributed by atoms with Gasteiger partial charge in [-0.15, -0.1) is 5.10 Å². The maximum Gasteiger partial charge on any atom is 0.451 e. The number of halogens is 5. The van der Waals surface area contributed by atoms with E-state index in [0.717, 1.165) is 0 Å². The van der Waals surface area contributed by atoms with Gasteiger partial charge in [0.2, 0.25) is 11.8 Å². The highest BCUT2D eigenvalue weighted by molar-refractivity contribution is 6.33. The number of amides is 1. The molecule has 26 heavy (non-hydrogen) atoms. The molecule has 1 aromatic carbocycles. The van der Waals surface area contributed by atoms with Gasteiger partial charge in [-0.25, -0.2) is 9.07 Å². The van der Waals surface area contributed by atoms with E-state index in [2.05, 4.69) is 20.5 Å². The summed E-state index contributed by atoms with van der Waals surface area (Å²) in [5.41, 5.74) is 0.536. The molecule has 2 aromatic heterocycles. The minimum Gasteiger partial charge on any atom is -0.289 e. The third-order valence-corrected chi connectivity index (χ3v) is 3.63. The topological polar surface area (TPSA) is 88.5 Å². The van der Waals surface area contributed by atoms with Crippen LogP contribution in [0.5, 0.6) is 0 Å². The van der Waals surface area contributed by atoms with E-state index < -0.39 is 29.7 Å². The molecule has 0 bridgehead atoms. The van der Waals surface area contributed by atoms with Crippen molar-refractivity contribution in [2.75, 3.05) is 5.32 Å². The average molecular weight is 389 g/mol. The lowest BCUT2D eigenvalue weighted by Crippen LogP contribution is -2.14. The number of aromatic nitrogens is 5. The second kappa shape index (κ2) is 6.41. The molecule has 0 saturated carbocycles. The van der Waals surface area contributed by atoms with Gasteiger partial charge in [0, 0.05) is 0 Å². The monoisotopic (exact) mass is 388 g/mol. The largest absolute Gasteiger partial charge is 0.451 e. The Hall–Kier alpha value is -2.95. The molecule has 7 nitrogen and oxygen atoms in total. The first-order valence-corrected chi connectivity index (χ1v) is 7.36. The predicted molar refractivity (Wildman–Crippen MR) is 82.6 cm³/mol. The summed E-state index contributed by atoms with van der Waals surface area (Å²) in [5.74, 6) is -3.21. The van der Waals surface area contributed by atoms with Crippen LogP contribution in [-0.2, 0) is 6.18 Å². The van der Waals surface area contributed by atoms with Gasteiger partial charge in [0.25, 0.3) is 5.91 Å². The van der Waals surface area contributed by atoms with Gasteiger partial charge >= 0.3 is 6.18 Å². The molecule has 0 unspecified atom stereocenters. The number of carbonyl (C=O) groups excluding carboxylic acids is 1. The van der Waals surface area contributed by atoms with Crippen LogP contribution in [0.3, 0.4) is 0 Å². The van der Waals surface area contributed by atoms with Gasteiger partial charge in [-0.05, 0) is 31.2 Å². The van der Waals surface area contributed by atoms with E-state index in [-0.39, 0.29) is 16.4 Å². The third kappa shape index (κ3) is 3.38. The lowest BCUT2D eigenvalue weighted by Gasteiger charge is -2.03. The lowest BCUT2D eigenvalue weighted by atomic mass is 10.2. The van der Waals surface area contributed by atoms with Gasteiger partial charge in [0.1, 0.15) is 16.5 Å². The SMILES string of the molecule is Cc1nn(-c2ccc(F)cc2)c(Cl)c1C(=O)Nc1n[nH]c(C(F)(F)F)n1. The number of aryl methyl sites for hydroxylation is 1. The number of anilines is 1. The Bertz CT molecular complexity index is 963. The van der Waals surface area contributed by atoms with E-state index >= 15 is 0 Å². The molecule has 0 atom stereocenters. The molecule has 3 rings (SSSR count). The second-order valence-electron chi connectivity index (χ2n) is 5.10. The van der Waals surface area contributed by atoms with Crippen molar-refractivity contribution in [3.8, 4) is 5.69 Å². The normalized spacial score (nSPS) is 11.6. The number of aromatic amines is 1. The Morgan fingerprint density at radius 1 is 1.27 bits per heavy atom. The van der Waals surface area contributed by atoms with Crippen molar-refractivity contribution >= 4 is 23.5 Å². The first-order chi connectivity index (χ1) is 12.2. The van der Waals surface area contributed by atoms with E-state index in [4.69, 9.17) is 11.6 Å². The standard InChI is InChI=1S/C14H9ClF4N6O/c1-6-9(10(15)25(24-6)8-4-2-7(16)3-5-8)11(26)20-13-21-12(22-23-13)14(17,18)19/h2-5H,1H3,(H2,20,21,22,23,26). The molecule has 0 aliphatic rings. The Morgan fingerprint density at radius 3 is 2.50 bits per heavy atom. The fraction of sp³-hybridized carbons (Fsp3) is 0.143. The van der Waals surface area contributed by atoms with Gasteiger partial charge in [0.05, 0.1) is 11.4 Å². The van der Waals surface area contributed by atoms with Crippen molar-refractivity contribution in [2.24, 2.45) is 0 Å². The molecule has 2 heterocycles. The summed E-state index contributed by atoms with van der Waals surface area (Å²) in [6.07, 6.45) is -4.73. The van der Waals surface area contributed by atoms with Crippen LogP contribution < -0.4 is 5.32 Å². The van der Waals surface area contributed by atoms with E-state index in [9.17, 15) is 22.4 Å². The number of H-pyrrole nitrogens is 1. The summed E-state index contributed by atoms with van der Waals surface area (Å²) in [6, 6.07) is 5.18. The van der Waals surface area contributed by atoms with E-state index in [1.165, 1.54) is 35.9 Å². The van der Waals surface area contributed by atoms with Crippen molar-refractivity contribution in [1.29, 1.82) is 0 Å². The Balaban J connectivity index is 1.88. The van der Waals surface area contributed by atoms with Crippen LogP contribution in [0, 0.1) is 12.7 Å². The molecular formula is C14H9ClF4N6O. The molecule has 0 fully saturated rings. The summed E-state index contributed by atoms with van der Waals surface area (Å²) in [7, 11) is 0. The van der Waals surface area contributed by atoms with Crippen molar-refractivity contribution in [1.82, 2.24) is 25.0 Å². The number of benzene rings is 1. The maximum atomic E-state index is 13.0. The summed E-state index contributed by atoms with van der Waals surface area (Å²) in [6.45, 7) is 1.49. The molecule has 0 radical (unpaired) electrons. The summed E-state index contributed by atoms with van der Waals surface area (Å²) >= 11 is 6.16. The highest BCUT2D eigenvalue weighted by Gasteiger charge is 2.35. The van der Waals surface area contributed by atoms with Crippen LogP contribution in [0.2, 0.25) is 5.15 Å². The van der Waals surface area contributed by atoms with Crippen LogP contribution in [-0.4, -0.2) is 30.9 Å². The van der Waals surface area contributed by atoms with Crippen LogP contribution >= 0.6 is 11.6 Å². The number of hydrogen-bond donors (Lipinski definition) is 2. The molecule has 0 spiro atoms. The average Bonchev–Trinajstić information content (AvgIpc) is 3.12. The number of nitrogens with zero attached hydrogens (tertiary/aromatic N) is 4. The number of rotatable bonds is 3. The Morgan fingerprint density at radius 2 is 1.92 bits per heavy atom. The van der Waals surface area contributed by atoms with Crippen molar-refractivity contribution in [3.63, 3.8) is 0 Å². The zero-order chi connectivity index (χ0) is 19.1. The summed E-state index contributed by atoms with van der Waals surface area (Å²) < 4.78 is 51.7. The second-order valence-corrected chi connectivity index (χ2v) is 5.46. The molecule has 0 saturated heterocycles. The van der Waals surface area contributed by atoms with Crippen molar-refractivity contribution in [2.45, 2.75) is 13.1 Å². The van der Waals surface area contributed by atoms with Gasteiger partial charge in [-0.1, -0.05) is 11.6 Å². The van der Waals surface area contributed by atoms with Crippen LogP contribution in [0.1, 0.15) is 21.9 Å². The van der Waals surface area contributed by atoms with Crippen LogP contribution in [0.25, 0.3) is 5.69 Å². The van der Waals surface area contributed by atoms with Gasteiger partial charge in [-0.3, -0.25) is 15.2 Å². The molecule has 0 aliphatic heterocycles. The number of hydrogen-bond acceptors (Lipinski definition) is 4. The quantitative estimate of drug-likeness (QED) is 0.673. The molecule has 12 heteroatoms. The third-order valence-electron chi connectivity index (χ3n) is 3.28. The highest BCUT2D eigenvalue weighted by Crippen LogP contribution is 2.27. The number of alkyl halides is 3. The van der Waals surface area contributed by atoms with Gasteiger partial charge in [0.15, 0.2) is 0 Å². The molecule has 2 N–H and O–H groups in total. The molecule has 136 valence electrons. The minimum atomic E-state index is -4.73. The zero-order valence-electron chi connectivity index (χ0n) is 12.9. The first kappa shape index (κ1) is 17.9. The molecular weight excluding hydrogens is 380 g/mol. The zero-order valence-corrected chi connectivity index (χ0v) is 13.7. The first-order valence-electron chi connectivity index (χ1n) is 6.99.